The third kappa shape index (κ3) is 2.94. The van der Waals surface area contributed by atoms with Crippen LogP contribution in [0.2, 0.25) is 0 Å². The molecule has 6 nitrogen and oxygen atoms in total. The first kappa shape index (κ1) is 13.6. The Morgan fingerprint density at radius 1 is 1.42 bits per heavy atom. The topological polar surface area (TPSA) is 84.2 Å². The molecule has 19 heavy (non-hydrogen) atoms. The minimum atomic E-state index is -3.67. The molecular weight excluding hydrogens is 266 g/mol. The predicted molar refractivity (Wildman–Crippen MR) is 71.1 cm³/mol. The first-order valence-corrected chi connectivity index (χ1v) is 7.13. The van der Waals surface area contributed by atoms with E-state index in [1.165, 1.54) is 16.8 Å². The standard InChI is InChI=1S/C12H15N3O3S/c1-9-12(7-15(2)13-9)14-19(17,18)11-5-3-4-10(6-11)8-16/h3-7,14,16H,8H2,1-2H3. The van der Waals surface area contributed by atoms with E-state index in [1.54, 1.807) is 32.3 Å². The van der Waals surface area contributed by atoms with E-state index < -0.39 is 10.0 Å². The van der Waals surface area contributed by atoms with Crippen LogP contribution < -0.4 is 4.72 Å². The van der Waals surface area contributed by atoms with Crippen LogP contribution in [0.4, 0.5) is 5.69 Å². The summed E-state index contributed by atoms with van der Waals surface area (Å²) in [7, 11) is -1.95. The molecule has 1 heterocycles. The number of aryl methyl sites for hydroxylation is 2. The zero-order valence-electron chi connectivity index (χ0n) is 10.7. The van der Waals surface area contributed by atoms with Crippen molar-refractivity contribution in [2.75, 3.05) is 4.72 Å². The van der Waals surface area contributed by atoms with Gasteiger partial charge in [-0.25, -0.2) is 8.42 Å². The van der Waals surface area contributed by atoms with Gasteiger partial charge in [-0.2, -0.15) is 5.10 Å². The van der Waals surface area contributed by atoms with E-state index >= 15 is 0 Å². The molecule has 0 aliphatic heterocycles. The number of rotatable bonds is 4. The lowest BCUT2D eigenvalue weighted by Crippen LogP contribution is -2.13. The number of hydrogen-bond acceptors (Lipinski definition) is 4. The van der Waals surface area contributed by atoms with Crippen LogP contribution in [0.1, 0.15) is 11.3 Å². The van der Waals surface area contributed by atoms with Crippen LogP contribution in [0.5, 0.6) is 0 Å². The van der Waals surface area contributed by atoms with E-state index in [-0.39, 0.29) is 11.5 Å². The smallest absolute Gasteiger partial charge is 0.262 e. The highest BCUT2D eigenvalue weighted by molar-refractivity contribution is 7.92. The summed E-state index contributed by atoms with van der Waals surface area (Å²) in [5.41, 5.74) is 1.59. The number of aliphatic hydroxyl groups is 1. The van der Waals surface area contributed by atoms with Gasteiger partial charge in [0.15, 0.2) is 0 Å². The highest BCUT2D eigenvalue weighted by Crippen LogP contribution is 2.19. The number of benzene rings is 1. The lowest BCUT2D eigenvalue weighted by Gasteiger charge is -2.07. The summed E-state index contributed by atoms with van der Waals surface area (Å²) in [6, 6.07) is 6.17. The normalized spacial score (nSPS) is 11.5. The average molecular weight is 281 g/mol. The first-order chi connectivity index (χ1) is 8.92. The Hall–Kier alpha value is -1.86. The van der Waals surface area contributed by atoms with Crippen molar-refractivity contribution in [1.82, 2.24) is 9.78 Å². The molecule has 1 aromatic carbocycles. The largest absolute Gasteiger partial charge is 0.392 e. The van der Waals surface area contributed by atoms with Gasteiger partial charge in [0.05, 0.1) is 22.9 Å². The molecule has 0 fully saturated rings. The molecule has 2 N–H and O–H groups in total. The molecule has 7 heteroatoms. The average Bonchev–Trinajstić information content (AvgIpc) is 2.67. The third-order valence-electron chi connectivity index (χ3n) is 2.65. The van der Waals surface area contributed by atoms with Gasteiger partial charge in [0, 0.05) is 13.2 Å². The molecule has 0 aliphatic rings. The Labute approximate surface area is 111 Å². The van der Waals surface area contributed by atoms with E-state index in [2.05, 4.69) is 9.82 Å². The van der Waals surface area contributed by atoms with Crippen molar-refractivity contribution >= 4 is 15.7 Å². The van der Waals surface area contributed by atoms with Crippen molar-refractivity contribution in [2.24, 2.45) is 7.05 Å². The quantitative estimate of drug-likeness (QED) is 0.876. The fraction of sp³-hybridized carbons (Fsp3) is 0.250. The first-order valence-electron chi connectivity index (χ1n) is 5.65. The molecule has 2 aromatic rings. The molecule has 102 valence electrons. The maximum absolute atomic E-state index is 12.2. The molecule has 0 radical (unpaired) electrons. The van der Waals surface area contributed by atoms with Crippen LogP contribution in [-0.4, -0.2) is 23.3 Å². The predicted octanol–water partition coefficient (Wildman–Crippen LogP) is 1.02. The van der Waals surface area contributed by atoms with Gasteiger partial charge in [-0.3, -0.25) is 9.40 Å². The Morgan fingerprint density at radius 3 is 2.74 bits per heavy atom. The number of aliphatic hydroxyl groups excluding tert-OH is 1. The molecule has 0 aliphatic carbocycles. The van der Waals surface area contributed by atoms with Crippen molar-refractivity contribution < 1.29 is 13.5 Å². The van der Waals surface area contributed by atoms with E-state index in [9.17, 15) is 8.42 Å². The number of nitrogens with one attached hydrogen (secondary N) is 1. The molecule has 0 spiro atoms. The molecule has 2 rings (SSSR count). The van der Waals surface area contributed by atoms with Crippen LogP contribution in [0, 0.1) is 6.92 Å². The highest BCUT2D eigenvalue weighted by atomic mass is 32.2. The fourth-order valence-electron chi connectivity index (χ4n) is 1.71. The van der Waals surface area contributed by atoms with E-state index in [4.69, 9.17) is 5.11 Å². The summed E-state index contributed by atoms with van der Waals surface area (Å²) in [6.07, 6.45) is 1.60. The molecule has 0 bridgehead atoms. The monoisotopic (exact) mass is 281 g/mol. The van der Waals surface area contributed by atoms with Gasteiger partial charge in [0.2, 0.25) is 0 Å². The number of nitrogens with zero attached hydrogens (tertiary/aromatic N) is 2. The maximum atomic E-state index is 12.2. The summed E-state index contributed by atoms with van der Waals surface area (Å²) < 4.78 is 28.4. The number of aromatic nitrogens is 2. The Kier molecular flexibility index (Phi) is 3.59. The molecular formula is C12H15N3O3S. The second kappa shape index (κ2) is 5.02. The van der Waals surface area contributed by atoms with Crippen LogP contribution in [0.25, 0.3) is 0 Å². The zero-order chi connectivity index (χ0) is 14.0. The van der Waals surface area contributed by atoms with Crippen molar-refractivity contribution in [1.29, 1.82) is 0 Å². The third-order valence-corrected chi connectivity index (χ3v) is 4.01. The maximum Gasteiger partial charge on any atom is 0.262 e. The SMILES string of the molecule is Cc1nn(C)cc1NS(=O)(=O)c1cccc(CO)c1. The van der Waals surface area contributed by atoms with Crippen LogP contribution in [0.15, 0.2) is 35.4 Å². The van der Waals surface area contributed by atoms with Gasteiger partial charge in [-0.15, -0.1) is 0 Å². The van der Waals surface area contributed by atoms with E-state index in [0.717, 1.165) is 0 Å². The van der Waals surface area contributed by atoms with Crippen LogP contribution in [0.3, 0.4) is 0 Å². The van der Waals surface area contributed by atoms with Gasteiger partial charge < -0.3 is 5.11 Å². The molecule has 0 atom stereocenters. The van der Waals surface area contributed by atoms with Crippen molar-refractivity contribution in [2.45, 2.75) is 18.4 Å². The number of anilines is 1. The summed E-state index contributed by atoms with van der Waals surface area (Å²) in [4.78, 5) is 0.113. The summed E-state index contributed by atoms with van der Waals surface area (Å²) >= 11 is 0. The Morgan fingerprint density at radius 2 is 2.16 bits per heavy atom. The minimum Gasteiger partial charge on any atom is -0.392 e. The lowest BCUT2D eigenvalue weighted by atomic mass is 10.2. The summed E-state index contributed by atoms with van der Waals surface area (Å²) in [5, 5.41) is 13.1. The van der Waals surface area contributed by atoms with E-state index in [0.29, 0.717) is 16.9 Å². The molecule has 0 unspecified atom stereocenters. The van der Waals surface area contributed by atoms with Gasteiger partial charge in [-0.1, -0.05) is 12.1 Å². The second-order valence-electron chi connectivity index (χ2n) is 4.21. The molecule has 0 amide bonds. The molecule has 0 saturated heterocycles. The summed E-state index contributed by atoms with van der Waals surface area (Å²) in [5.74, 6) is 0. The fourth-order valence-corrected chi connectivity index (χ4v) is 2.89. The van der Waals surface area contributed by atoms with Crippen molar-refractivity contribution in [3.63, 3.8) is 0 Å². The van der Waals surface area contributed by atoms with Crippen LogP contribution >= 0.6 is 0 Å². The minimum absolute atomic E-state index is 0.113. The highest BCUT2D eigenvalue weighted by Gasteiger charge is 2.16. The molecule has 1 aromatic heterocycles. The van der Waals surface area contributed by atoms with Gasteiger partial charge in [0.1, 0.15) is 0 Å². The number of hydrogen-bond donors (Lipinski definition) is 2. The van der Waals surface area contributed by atoms with Gasteiger partial charge in [0.25, 0.3) is 10.0 Å². The Balaban J connectivity index is 2.34. The van der Waals surface area contributed by atoms with Gasteiger partial charge in [-0.05, 0) is 24.6 Å². The second-order valence-corrected chi connectivity index (χ2v) is 5.90. The zero-order valence-corrected chi connectivity index (χ0v) is 11.5. The number of sulfonamides is 1. The van der Waals surface area contributed by atoms with Crippen LogP contribution in [-0.2, 0) is 23.7 Å². The van der Waals surface area contributed by atoms with Gasteiger partial charge >= 0.3 is 0 Å². The Bertz CT molecular complexity index is 692. The summed E-state index contributed by atoms with van der Waals surface area (Å²) in [6.45, 7) is 1.53. The lowest BCUT2D eigenvalue weighted by molar-refractivity contribution is 0.281. The molecule has 0 saturated carbocycles. The van der Waals surface area contributed by atoms with E-state index in [1.807, 2.05) is 0 Å². The van der Waals surface area contributed by atoms with Crippen molar-refractivity contribution in [3.8, 4) is 0 Å². The van der Waals surface area contributed by atoms with Crippen molar-refractivity contribution in [3.05, 3.63) is 41.7 Å².